The molecule has 1 aromatic carbocycles. The first-order chi connectivity index (χ1) is 9.11. The van der Waals surface area contributed by atoms with E-state index in [2.05, 4.69) is 10.6 Å². The Hall–Kier alpha value is -2.24. The molecule has 19 heavy (non-hydrogen) atoms. The average molecular weight is 263 g/mol. The Balaban J connectivity index is 2.23. The molecule has 1 heterocycles. The van der Waals surface area contributed by atoms with E-state index in [1.807, 2.05) is 0 Å². The minimum atomic E-state index is -0.481. The summed E-state index contributed by atoms with van der Waals surface area (Å²) in [7, 11) is 1.31. The zero-order chi connectivity index (χ0) is 13.8. The molecule has 4 N–H and O–H groups in total. The molecule has 1 aliphatic rings. The number of benzene rings is 1. The maximum atomic E-state index is 11.7. The van der Waals surface area contributed by atoms with E-state index in [1.54, 1.807) is 12.1 Å². The van der Waals surface area contributed by atoms with Gasteiger partial charge in [0.15, 0.2) is 0 Å². The summed E-state index contributed by atoms with van der Waals surface area (Å²) in [5.41, 5.74) is 7.03. The zero-order valence-electron chi connectivity index (χ0n) is 10.7. The molecule has 1 unspecified atom stereocenters. The number of ether oxygens (including phenoxy) is 1. The smallest absolute Gasteiger partial charge is 0.340 e. The Bertz CT molecular complexity index is 502. The Kier molecular flexibility index (Phi) is 3.89. The lowest BCUT2D eigenvalue weighted by molar-refractivity contribution is -0.123. The highest BCUT2D eigenvalue weighted by Crippen LogP contribution is 2.22. The normalized spacial score (nSPS) is 18.6. The molecule has 1 saturated heterocycles. The summed E-state index contributed by atoms with van der Waals surface area (Å²) in [6.45, 7) is 0.697. The van der Waals surface area contributed by atoms with Gasteiger partial charge in [0.2, 0.25) is 5.91 Å². The number of rotatable bonds is 3. The highest BCUT2D eigenvalue weighted by atomic mass is 16.5. The number of carbonyl (C=O) groups is 2. The van der Waals surface area contributed by atoms with Crippen LogP contribution in [0, 0.1) is 0 Å². The second-order valence-corrected chi connectivity index (χ2v) is 4.43. The minimum Gasteiger partial charge on any atom is -0.465 e. The number of nitrogens with two attached hydrogens (primary N) is 1. The molecule has 0 radical (unpaired) electrons. The van der Waals surface area contributed by atoms with Gasteiger partial charge in [-0.1, -0.05) is 0 Å². The van der Waals surface area contributed by atoms with Gasteiger partial charge in [-0.05, 0) is 31.0 Å². The lowest BCUT2D eigenvalue weighted by Crippen LogP contribution is -2.44. The number of nitrogen functional groups attached to an aromatic ring is 1. The second-order valence-electron chi connectivity index (χ2n) is 4.43. The predicted molar refractivity (Wildman–Crippen MR) is 71.8 cm³/mol. The number of anilines is 2. The lowest BCUT2D eigenvalue weighted by Gasteiger charge is -2.24. The third-order valence-electron chi connectivity index (χ3n) is 3.06. The molecule has 0 spiro atoms. The molecule has 6 heteroatoms. The summed E-state index contributed by atoms with van der Waals surface area (Å²) < 4.78 is 4.71. The van der Waals surface area contributed by atoms with E-state index >= 15 is 0 Å². The standard InChI is InChI=1S/C13H17N3O3/c1-19-13(18)9-7-8(14)4-5-10(9)16-11-3-2-6-15-12(11)17/h4-5,7,11,16H,2-3,6,14H2,1H3,(H,15,17). The summed E-state index contributed by atoms with van der Waals surface area (Å²) in [4.78, 5) is 23.4. The molecule has 6 nitrogen and oxygen atoms in total. The van der Waals surface area contributed by atoms with Crippen LogP contribution in [0.5, 0.6) is 0 Å². The van der Waals surface area contributed by atoms with Crippen LogP contribution in [0.25, 0.3) is 0 Å². The Morgan fingerprint density at radius 1 is 1.53 bits per heavy atom. The van der Waals surface area contributed by atoms with Gasteiger partial charge >= 0.3 is 5.97 Å². The molecule has 1 aromatic rings. The third kappa shape index (κ3) is 2.96. The number of piperidine rings is 1. The number of esters is 1. The van der Waals surface area contributed by atoms with E-state index in [1.165, 1.54) is 13.2 Å². The van der Waals surface area contributed by atoms with Crippen LogP contribution < -0.4 is 16.4 Å². The van der Waals surface area contributed by atoms with Gasteiger partial charge in [0.25, 0.3) is 0 Å². The first-order valence-corrected chi connectivity index (χ1v) is 6.14. The van der Waals surface area contributed by atoms with E-state index in [0.29, 0.717) is 23.5 Å². The summed E-state index contributed by atoms with van der Waals surface area (Å²) in [6, 6.07) is 4.56. The van der Waals surface area contributed by atoms with Crippen molar-refractivity contribution in [1.82, 2.24) is 5.32 Å². The molecule has 1 amide bonds. The fourth-order valence-electron chi connectivity index (χ4n) is 2.06. The topological polar surface area (TPSA) is 93.4 Å². The molecular weight excluding hydrogens is 246 g/mol. The van der Waals surface area contributed by atoms with E-state index in [9.17, 15) is 9.59 Å². The van der Waals surface area contributed by atoms with Crippen molar-refractivity contribution in [2.75, 3.05) is 24.7 Å². The van der Waals surface area contributed by atoms with Crippen molar-refractivity contribution >= 4 is 23.3 Å². The van der Waals surface area contributed by atoms with Crippen molar-refractivity contribution in [3.05, 3.63) is 23.8 Å². The fourth-order valence-corrected chi connectivity index (χ4v) is 2.06. The van der Waals surface area contributed by atoms with Crippen molar-refractivity contribution in [2.45, 2.75) is 18.9 Å². The summed E-state index contributed by atoms with van der Waals surface area (Å²) in [5, 5.41) is 5.86. The van der Waals surface area contributed by atoms with Gasteiger partial charge in [-0.15, -0.1) is 0 Å². The number of hydrogen-bond donors (Lipinski definition) is 3. The third-order valence-corrected chi connectivity index (χ3v) is 3.06. The lowest BCUT2D eigenvalue weighted by atomic mass is 10.0. The van der Waals surface area contributed by atoms with Gasteiger partial charge in [-0.25, -0.2) is 4.79 Å². The molecule has 1 aliphatic heterocycles. The molecule has 0 bridgehead atoms. The van der Waals surface area contributed by atoms with Crippen molar-refractivity contribution in [1.29, 1.82) is 0 Å². The highest BCUT2D eigenvalue weighted by Gasteiger charge is 2.23. The van der Waals surface area contributed by atoms with Crippen LogP contribution in [-0.2, 0) is 9.53 Å². The largest absolute Gasteiger partial charge is 0.465 e. The fraction of sp³-hybridized carbons (Fsp3) is 0.385. The summed E-state index contributed by atoms with van der Waals surface area (Å²) in [6.07, 6.45) is 1.64. The van der Waals surface area contributed by atoms with E-state index in [-0.39, 0.29) is 11.9 Å². The van der Waals surface area contributed by atoms with Crippen molar-refractivity contribution in [3.63, 3.8) is 0 Å². The Labute approximate surface area is 111 Å². The van der Waals surface area contributed by atoms with Crippen molar-refractivity contribution in [2.24, 2.45) is 0 Å². The first kappa shape index (κ1) is 13.2. The van der Waals surface area contributed by atoms with Crippen molar-refractivity contribution < 1.29 is 14.3 Å². The number of nitrogens with one attached hydrogen (secondary N) is 2. The number of methoxy groups -OCH3 is 1. The van der Waals surface area contributed by atoms with E-state index in [0.717, 1.165) is 12.8 Å². The molecule has 0 saturated carbocycles. The summed E-state index contributed by atoms with van der Waals surface area (Å²) in [5.74, 6) is -0.537. The van der Waals surface area contributed by atoms with Crippen LogP contribution >= 0.6 is 0 Å². The maximum Gasteiger partial charge on any atom is 0.340 e. The van der Waals surface area contributed by atoms with Gasteiger partial charge < -0.3 is 21.1 Å². The predicted octanol–water partition coefficient (Wildman–Crippen LogP) is 0.746. The van der Waals surface area contributed by atoms with Crippen LogP contribution in [0.15, 0.2) is 18.2 Å². The molecule has 1 atom stereocenters. The molecule has 0 aliphatic carbocycles. The van der Waals surface area contributed by atoms with Crippen LogP contribution in [0.4, 0.5) is 11.4 Å². The highest BCUT2D eigenvalue weighted by molar-refractivity contribution is 5.97. The number of hydrogen-bond acceptors (Lipinski definition) is 5. The molecule has 1 fully saturated rings. The number of carbonyl (C=O) groups excluding carboxylic acids is 2. The molecular formula is C13H17N3O3. The van der Waals surface area contributed by atoms with E-state index in [4.69, 9.17) is 10.5 Å². The monoisotopic (exact) mass is 263 g/mol. The zero-order valence-corrected chi connectivity index (χ0v) is 10.7. The van der Waals surface area contributed by atoms with Crippen molar-refractivity contribution in [3.8, 4) is 0 Å². The Morgan fingerprint density at radius 3 is 3.00 bits per heavy atom. The van der Waals surface area contributed by atoms with Gasteiger partial charge in [-0.2, -0.15) is 0 Å². The maximum absolute atomic E-state index is 11.7. The van der Waals surface area contributed by atoms with Crippen LogP contribution in [0.1, 0.15) is 23.2 Å². The molecule has 102 valence electrons. The molecule has 2 rings (SSSR count). The Morgan fingerprint density at radius 2 is 2.32 bits per heavy atom. The quantitative estimate of drug-likeness (QED) is 0.552. The van der Waals surface area contributed by atoms with Gasteiger partial charge in [0.1, 0.15) is 6.04 Å². The minimum absolute atomic E-state index is 0.0566. The first-order valence-electron chi connectivity index (χ1n) is 6.14. The SMILES string of the molecule is COC(=O)c1cc(N)ccc1NC1CCCNC1=O. The average Bonchev–Trinajstić information content (AvgIpc) is 2.42. The van der Waals surface area contributed by atoms with Gasteiger partial charge in [0.05, 0.1) is 12.7 Å². The van der Waals surface area contributed by atoms with Crippen LogP contribution in [0.3, 0.4) is 0 Å². The van der Waals surface area contributed by atoms with E-state index < -0.39 is 5.97 Å². The van der Waals surface area contributed by atoms with Crippen LogP contribution in [0.2, 0.25) is 0 Å². The summed E-state index contributed by atoms with van der Waals surface area (Å²) >= 11 is 0. The van der Waals surface area contributed by atoms with Gasteiger partial charge in [0, 0.05) is 17.9 Å². The molecule has 0 aromatic heterocycles. The van der Waals surface area contributed by atoms with Crippen LogP contribution in [-0.4, -0.2) is 31.6 Å². The number of amides is 1. The van der Waals surface area contributed by atoms with Gasteiger partial charge in [-0.3, -0.25) is 4.79 Å². The second kappa shape index (κ2) is 5.60.